The van der Waals surface area contributed by atoms with Crippen molar-refractivity contribution >= 4 is 22.7 Å². The summed E-state index contributed by atoms with van der Waals surface area (Å²) in [5.74, 6) is 1.14. The van der Waals surface area contributed by atoms with Crippen LogP contribution >= 0.6 is 11.8 Å². The van der Waals surface area contributed by atoms with Crippen molar-refractivity contribution in [2.24, 2.45) is 0 Å². The van der Waals surface area contributed by atoms with Crippen LogP contribution in [-0.4, -0.2) is 19.9 Å². The lowest BCUT2D eigenvalue weighted by Crippen LogP contribution is -2.05. The Morgan fingerprint density at radius 2 is 2.12 bits per heavy atom. The van der Waals surface area contributed by atoms with Crippen molar-refractivity contribution in [3.8, 4) is 0 Å². The zero-order chi connectivity index (χ0) is 17.1. The lowest BCUT2D eigenvalue weighted by molar-refractivity contribution is 0.263. The van der Waals surface area contributed by atoms with E-state index in [1.165, 1.54) is 17.8 Å². The molecule has 126 valence electrons. The predicted molar refractivity (Wildman–Crippen MR) is 93.0 cm³/mol. The van der Waals surface area contributed by atoms with Gasteiger partial charge in [-0.15, -0.1) is 10.2 Å². The minimum absolute atomic E-state index is 0.134. The number of aryl methyl sites for hydroxylation is 1. The highest BCUT2D eigenvalue weighted by atomic mass is 32.2. The summed E-state index contributed by atoms with van der Waals surface area (Å²) in [7, 11) is 0. The van der Waals surface area contributed by atoms with Gasteiger partial charge in [-0.05, 0) is 30.5 Å². The van der Waals surface area contributed by atoms with Gasteiger partial charge in [0.15, 0.2) is 11.0 Å². The molecule has 1 N–H and O–H groups in total. The quantitative estimate of drug-likeness (QED) is 0.546. The summed E-state index contributed by atoms with van der Waals surface area (Å²) in [5, 5.41) is 19.2. The molecule has 3 rings (SSSR count). The molecule has 0 aliphatic heterocycles. The minimum atomic E-state index is -0.352. The predicted octanol–water partition coefficient (Wildman–Crippen LogP) is 2.89. The second-order valence-electron chi connectivity index (χ2n) is 5.59. The SMILES string of the molecule is CCCn1c(CO)nnc1SCc1cc(=O)oc2cc(C)ccc12. The Morgan fingerprint density at radius 1 is 1.29 bits per heavy atom. The number of aliphatic hydroxyl groups is 1. The minimum Gasteiger partial charge on any atom is -0.423 e. The maximum atomic E-state index is 11.8. The van der Waals surface area contributed by atoms with E-state index in [9.17, 15) is 9.90 Å². The average Bonchev–Trinajstić information content (AvgIpc) is 2.94. The highest BCUT2D eigenvalue weighted by Crippen LogP contribution is 2.26. The van der Waals surface area contributed by atoms with E-state index in [2.05, 4.69) is 17.1 Å². The molecule has 6 nitrogen and oxygen atoms in total. The first-order valence-corrected chi connectivity index (χ1v) is 8.80. The molecule has 24 heavy (non-hydrogen) atoms. The smallest absolute Gasteiger partial charge is 0.336 e. The molecule has 0 radical (unpaired) electrons. The maximum absolute atomic E-state index is 11.8. The fourth-order valence-electron chi connectivity index (χ4n) is 2.59. The Labute approximate surface area is 143 Å². The van der Waals surface area contributed by atoms with Crippen LogP contribution in [0.15, 0.2) is 38.6 Å². The summed E-state index contributed by atoms with van der Waals surface area (Å²) in [6, 6.07) is 7.37. The van der Waals surface area contributed by atoms with Crippen molar-refractivity contribution in [3.05, 3.63) is 51.6 Å². The second kappa shape index (κ2) is 7.19. The van der Waals surface area contributed by atoms with Gasteiger partial charge in [0.25, 0.3) is 0 Å². The molecule has 0 bridgehead atoms. The van der Waals surface area contributed by atoms with Gasteiger partial charge in [0.1, 0.15) is 12.2 Å². The maximum Gasteiger partial charge on any atom is 0.336 e. The fraction of sp³-hybridized carbons (Fsp3) is 0.353. The Balaban J connectivity index is 1.91. The van der Waals surface area contributed by atoms with E-state index in [0.29, 0.717) is 17.2 Å². The zero-order valence-corrected chi connectivity index (χ0v) is 14.5. The van der Waals surface area contributed by atoms with Crippen LogP contribution in [0.4, 0.5) is 0 Å². The highest BCUT2D eigenvalue weighted by Gasteiger charge is 2.13. The molecule has 0 saturated heterocycles. The van der Waals surface area contributed by atoms with Gasteiger partial charge in [-0.25, -0.2) is 4.79 Å². The van der Waals surface area contributed by atoms with Crippen LogP contribution in [0.2, 0.25) is 0 Å². The lowest BCUT2D eigenvalue weighted by atomic mass is 10.1. The first kappa shape index (κ1) is 16.7. The number of nitrogens with zero attached hydrogens (tertiary/aromatic N) is 3. The molecule has 7 heteroatoms. The van der Waals surface area contributed by atoms with Gasteiger partial charge < -0.3 is 14.1 Å². The van der Waals surface area contributed by atoms with Crippen LogP contribution < -0.4 is 5.63 Å². The van der Waals surface area contributed by atoms with Gasteiger partial charge in [-0.1, -0.05) is 30.8 Å². The first-order chi connectivity index (χ1) is 11.6. The average molecular weight is 345 g/mol. The van der Waals surface area contributed by atoms with Crippen LogP contribution in [0.25, 0.3) is 11.0 Å². The third kappa shape index (κ3) is 3.37. The van der Waals surface area contributed by atoms with Gasteiger partial charge in [-0.3, -0.25) is 0 Å². The van der Waals surface area contributed by atoms with Gasteiger partial charge >= 0.3 is 5.63 Å². The third-order valence-corrected chi connectivity index (χ3v) is 4.74. The molecule has 0 amide bonds. The van der Waals surface area contributed by atoms with E-state index in [-0.39, 0.29) is 12.2 Å². The standard InChI is InChI=1S/C17H19N3O3S/c1-3-6-20-15(9-21)18-19-17(20)24-10-12-8-16(22)23-14-7-11(2)4-5-13(12)14/h4-5,7-8,21H,3,6,9-10H2,1-2H3. The largest absolute Gasteiger partial charge is 0.423 e. The number of benzene rings is 1. The molecule has 0 atom stereocenters. The molecular weight excluding hydrogens is 326 g/mol. The van der Waals surface area contributed by atoms with Crippen LogP contribution in [0.3, 0.4) is 0 Å². The molecule has 3 aromatic rings. The van der Waals surface area contributed by atoms with Crippen LogP contribution in [0.5, 0.6) is 0 Å². The Kier molecular flexibility index (Phi) is 5.01. The lowest BCUT2D eigenvalue weighted by Gasteiger charge is -2.08. The first-order valence-electron chi connectivity index (χ1n) is 7.81. The zero-order valence-electron chi connectivity index (χ0n) is 13.7. The van der Waals surface area contributed by atoms with E-state index in [1.54, 1.807) is 0 Å². The summed E-state index contributed by atoms with van der Waals surface area (Å²) in [6.07, 6.45) is 0.926. The van der Waals surface area contributed by atoms with Crippen LogP contribution in [0, 0.1) is 6.92 Å². The number of aliphatic hydroxyl groups excluding tert-OH is 1. The Bertz CT molecular complexity index is 917. The van der Waals surface area contributed by atoms with Crippen LogP contribution in [-0.2, 0) is 18.9 Å². The number of hydrogen-bond acceptors (Lipinski definition) is 6. The Morgan fingerprint density at radius 3 is 2.88 bits per heavy atom. The van der Waals surface area contributed by atoms with E-state index < -0.39 is 0 Å². The summed E-state index contributed by atoms with van der Waals surface area (Å²) in [5.41, 5.74) is 2.20. The molecule has 0 fully saturated rings. The van der Waals surface area contributed by atoms with Crippen molar-refractivity contribution in [1.29, 1.82) is 0 Å². The molecule has 2 aromatic heterocycles. The van der Waals surface area contributed by atoms with Crippen molar-refractivity contribution in [1.82, 2.24) is 14.8 Å². The van der Waals surface area contributed by atoms with E-state index in [4.69, 9.17) is 4.42 Å². The topological polar surface area (TPSA) is 81.1 Å². The van der Waals surface area contributed by atoms with E-state index >= 15 is 0 Å². The monoisotopic (exact) mass is 345 g/mol. The van der Waals surface area contributed by atoms with Crippen molar-refractivity contribution in [2.45, 2.75) is 44.3 Å². The third-order valence-electron chi connectivity index (χ3n) is 3.72. The van der Waals surface area contributed by atoms with Gasteiger partial charge in [0, 0.05) is 23.8 Å². The highest BCUT2D eigenvalue weighted by molar-refractivity contribution is 7.98. The van der Waals surface area contributed by atoms with Gasteiger partial charge in [0.05, 0.1) is 0 Å². The summed E-state index contributed by atoms with van der Waals surface area (Å²) >= 11 is 1.50. The van der Waals surface area contributed by atoms with E-state index in [1.807, 2.05) is 29.7 Å². The normalized spacial score (nSPS) is 11.3. The number of rotatable bonds is 6. The van der Waals surface area contributed by atoms with E-state index in [0.717, 1.165) is 34.6 Å². The Hall–Kier alpha value is -2.12. The molecule has 1 aromatic carbocycles. The molecule has 0 spiro atoms. The number of aromatic nitrogens is 3. The number of thioether (sulfide) groups is 1. The fourth-order valence-corrected chi connectivity index (χ4v) is 3.56. The van der Waals surface area contributed by atoms with Crippen LogP contribution in [0.1, 0.15) is 30.3 Å². The summed E-state index contributed by atoms with van der Waals surface area (Å²) < 4.78 is 7.21. The molecule has 0 aliphatic carbocycles. The summed E-state index contributed by atoms with van der Waals surface area (Å²) in [4.78, 5) is 11.8. The second-order valence-corrected chi connectivity index (χ2v) is 6.53. The summed E-state index contributed by atoms with van der Waals surface area (Å²) in [6.45, 7) is 4.64. The molecular formula is C17H19N3O3S. The number of fused-ring (bicyclic) bond motifs is 1. The molecule has 0 unspecified atom stereocenters. The van der Waals surface area contributed by atoms with Gasteiger partial charge in [-0.2, -0.15) is 0 Å². The molecule has 2 heterocycles. The van der Waals surface area contributed by atoms with Gasteiger partial charge in [0.2, 0.25) is 0 Å². The number of hydrogen-bond donors (Lipinski definition) is 1. The van der Waals surface area contributed by atoms with Crippen molar-refractivity contribution < 1.29 is 9.52 Å². The van der Waals surface area contributed by atoms with Crippen molar-refractivity contribution in [3.63, 3.8) is 0 Å². The van der Waals surface area contributed by atoms with Crippen molar-refractivity contribution in [2.75, 3.05) is 0 Å². The molecule has 0 saturated carbocycles. The molecule has 0 aliphatic rings.